The molecular weight excluding hydrogens is 392 g/mol. The van der Waals surface area contributed by atoms with Crippen LogP contribution in [-0.2, 0) is 6.54 Å². The summed E-state index contributed by atoms with van der Waals surface area (Å²) in [6.07, 6.45) is -3.49. The van der Waals surface area contributed by atoms with Gasteiger partial charge in [0.2, 0.25) is 12.0 Å². The van der Waals surface area contributed by atoms with Gasteiger partial charge in [0.15, 0.2) is 0 Å². The molecule has 28 heavy (non-hydrogen) atoms. The number of rotatable bonds is 4. The lowest BCUT2D eigenvalue weighted by atomic mass is 10.1. The van der Waals surface area contributed by atoms with E-state index in [2.05, 4.69) is 4.98 Å². The predicted octanol–water partition coefficient (Wildman–Crippen LogP) is 2.75. The molecule has 0 aromatic carbocycles. The average Bonchev–Trinajstić information content (AvgIpc) is 2.62. The van der Waals surface area contributed by atoms with E-state index in [1.54, 1.807) is 0 Å². The van der Waals surface area contributed by atoms with Crippen molar-refractivity contribution in [1.29, 1.82) is 0 Å². The number of nitrogens with zero attached hydrogens (tertiary/aromatic N) is 3. The van der Waals surface area contributed by atoms with Gasteiger partial charge in [0.1, 0.15) is 12.8 Å². The molecule has 0 fully saturated rings. The van der Waals surface area contributed by atoms with Gasteiger partial charge in [-0.25, -0.2) is 4.98 Å². The molecule has 0 aliphatic rings. The molecule has 0 aliphatic carbocycles. The normalized spacial score (nSPS) is 12.4. The Bertz CT molecular complexity index is 1090. The molecule has 148 valence electrons. The van der Waals surface area contributed by atoms with Crippen LogP contribution < -0.4 is 15.1 Å². The van der Waals surface area contributed by atoms with E-state index in [1.165, 1.54) is 31.5 Å². The maximum atomic E-state index is 14.2. The Morgan fingerprint density at radius 3 is 2.54 bits per heavy atom. The third-order valence-electron chi connectivity index (χ3n) is 4.00. The Morgan fingerprint density at radius 2 is 1.89 bits per heavy atom. The standard InChI is InChI=1S/C17H12F6N3O2/c1-28-26-6-2-3-11(18)15(26)12-7-10-4-5-14(27)25(13(10)8-24-12)9-16(19,20)17(21,22)23/h2-8H,9H2,1H3/q+1. The highest BCUT2D eigenvalue weighted by Crippen LogP contribution is 2.37. The lowest BCUT2D eigenvalue weighted by molar-refractivity contribution is -0.877. The van der Waals surface area contributed by atoms with Gasteiger partial charge in [0.25, 0.3) is 5.56 Å². The molecule has 0 spiro atoms. The summed E-state index contributed by atoms with van der Waals surface area (Å²) in [4.78, 5) is 20.8. The van der Waals surface area contributed by atoms with E-state index >= 15 is 0 Å². The van der Waals surface area contributed by atoms with Gasteiger partial charge < -0.3 is 4.57 Å². The van der Waals surface area contributed by atoms with Crippen molar-refractivity contribution in [2.45, 2.75) is 18.6 Å². The second-order valence-corrected chi connectivity index (χ2v) is 5.80. The molecule has 0 N–H and O–H groups in total. The fourth-order valence-corrected chi connectivity index (χ4v) is 2.63. The molecule has 0 saturated heterocycles. The Morgan fingerprint density at radius 1 is 1.18 bits per heavy atom. The summed E-state index contributed by atoms with van der Waals surface area (Å²) >= 11 is 0. The number of fused-ring (bicyclic) bond motifs is 1. The lowest BCUT2D eigenvalue weighted by Crippen LogP contribution is -2.43. The Balaban J connectivity index is 2.17. The van der Waals surface area contributed by atoms with Crippen molar-refractivity contribution >= 4 is 10.9 Å². The van der Waals surface area contributed by atoms with Crippen molar-refractivity contribution in [2.24, 2.45) is 0 Å². The first-order valence-electron chi connectivity index (χ1n) is 7.74. The number of halogens is 6. The summed E-state index contributed by atoms with van der Waals surface area (Å²) in [5.74, 6) is -5.82. The molecule has 11 heteroatoms. The maximum Gasteiger partial charge on any atom is 0.455 e. The van der Waals surface area contributed by atoms with E-state index in [-0.39, 0.29) is 26.9 Å². The van der Waals surface area contributed by atoms with Gasteiger partial charge in [0.05, 0.1) is 18.3 Å². The molecule has 3 aromatic rings. The molecule has 5 nitrogen and oxygen atoms in total. The minimum atomic E-state index is -5.82. The van der Waals surface area contributed by atoms with Gasteiger partial charge in [-0.3, -0.25) is 9.63 Å². The number of aromatic nitrogens is 3. The monoisotopic (exact) mass is 404 g/mol. The summed E-state index contributed by atoms with van der Waals surface area (Å²) in [6, 6.07) is 5.85. The van der Waals surface area contributed by atoms with Gasteiger partial charge >= 0.3 is 17.8 Å². The minimum Gasteiger partial charge on any atom is -0.300 e. The third kappa shape index (κ3) is 3.39. The van der Waals surface area contributed by atoms with E-state index < -0.39 is 30.0 Å². The summed E-state index contributed by atoms with van der Waals surface area (Å²) in [6.45, 7) is -1.90. The van der Waals surface area contributed by atoms with E-state index in [0.717, 1.165) is 23.1 Å². The fourth-order valence-electron chi connectivity index (χ4n) is 2.63. The summed E-state index contributed by atoms with van der Waals surface area (Å²) in [5, 5.41) is 0.119. The zero-order valence-electron chi connectivity index (χ0n) is 14.2. The van der Waals surface area contributed by atoms with Crippen LogP contribution in [-0.4, -0.2) is 28.8 Å². The van der Waals surface area contributed by atoms with Crippen molar-refractivity contribution in [2.75, 3.05) is 7.11 Å². The first-order valence-corrected chi connectivity index (χ1v) is 7.74. The van der Waals surface area contributed by atoms with Gasteiger partial charge in [-0.1, -0.05) is 0 Å². The van der Waals surface area contributed by atoms with E-state index in [0.29, 0.717) is 0 Å². The van der Waals surface area contributed by atoms with Crippen LogP contribution >= 0.6 is 0 Å². The van der Waals surface area contributed by atoms with Gasteiger partial charge in [-0.05, 0) is 18.2 Å². The second-order valence-electron chi connectivity index (χ2n) is 5.80. The SMILES string of the molecule is CO[n+]1cccc(F)c1-c1cc2ccc(=O)n(CC(F)(F)C(F)(F)F)c2cn1. The molecule has 0 unspecified atom stereocenters. The van der Waals surface area contributed by atoms with Crippen molar-refractivity contribution in [3.05, 3.63) is 58.9 Å². The number of hydrogen-bond donors (Lipinski definition) is 0. The molecule has 3 heterocycles. The van der Waals surface area contributed by atoms with Crippen molar-refractivity contribution in [1.82, 2.24) is 9.55 Å². The third-order valence-corrected chi connectivity index (χ3v) is 4.00. The van der Waals surface area contributed by atoms with Crippen molar-refractivity contribution in [3.63, 3.8) is 0 Å². The first kappa shape index (κ1) is 19.6. The molecule has 0 bridgehead atoms. The average molecular weight is 404 g/mol. The van der Waals surface area contributed by atoms with Crippen LogP contribution in [0, 0.1) is 5.82 Å². The zero-order valence-corrected chi connectivity index (χ0v) is 14.2. The summed E-state index contributed by atoms with van der Waals surface area (Å²) < 4.78 is 80.0. The van der Waals surface area contributed by atoms with Crippen molar-refractivity contribution in [3.8, 4) is 11.4 Å². The molecule has 0 saturated carbocycles. The zero-order chi connectivity index (χ0) is 20.7. The summed E-state index contributed by atoms with van der Waals surface area (Å²) in [7, 11) is 1.28. The van der Waals surface area contributed by atoms with Gasteiger partial charge in [-0.2, -0.15) is 26.3 Å². The predicted molar refractivity (Wildman–Crippen MR) is 85.1 cm³/mol. The van der Waals surface area contributed by atoms with Crippen LogP contribution in [0.15, 0.2) is 47.5 Å². The minimum absolute atomic E-state index is 0.0280. The molecule has 0 radical (unpaired) electrons. The number of pyridine rings is 3. The molecular formula is C17H12F6N3O2+. The highest BCUT2D eigenvalue weighted by atomic mass is 19.4. The molecule has 3 rings (SSSR count). The Kier molecular flexibility index (Phi) is 4.77. The summed E-state index contributed by atoms with van der Waals surface area (Å²) in [5.41, 5.74) is -1.37. The van der Waals surface area contributed by atoms with Gasteiger partial charge in [0, 0.05) is 22.2 Å². The van der Waals surface area contributed by atoms with Crippen LogP contribution in [0.2, 0.25) is 0 Å². The molecule has 0 aliphatic heterocycles. The Hall–Kier alpha value is -3.11. The number of alkyl halides is 5. The van der Waals surface area contributed by atoms with Crippen LogP contribution in [0.5, 0.6) is 0 Å². The van der Waals surface area contributed by atoms with Crippen molar-refractivity contribution < 1.29 is 35.9 Å². The van der Waals surface area contributed by atoms with Crippen LogP contribution in [0.25, 0.3) is 22.3 Å². The van der Waals surface area contributed by atoms with E-state index in [9.17, 15) is 31.1 Å². The quantitative estimate of drug-likeness (QED) is 0.496. The van der Waals surface area contributed by atoms with Crippen LogP contribution in [0.4, 0.5) is 26.3 Å². The maximum absolute atomic E-state index is 14.2. The van der Waals surface area contributed by atoms with E-state index in [1.807, 2.05) is 0 Å². The van der Waals surface area contributed by atoms with Crippen LogP contribution in [0.3, 0.4) is 0 Å². The highest BCUT2D eigenvalue weighted by Gasteiger charge is 2.57. The van der Waals surface area contributed by atoms with Crippen LogP contribution in [0.1, 0.15) is 0 Å². The highest BCUT2D eigenvalue weighted by molar-refractivity contribution is 5.81. The molecule has 3 aromatic heterocycles. The largest absolute Gasteiger partial charge is 0.455 e. The number of hydrogen-bond acceptors (Lipinski definition) is 3. The smallest absolute Gasteiger partial charge is 0.300 e. The topological polar surface area (TPSA) is 48.0 Å². The van der Waals surface area contributed by atoms with Gasteiger partial charge in [-0.15, -0.1) is 0 Å². The molecule has 0 atom stereocenters. The van der Waals surface area contributed by atoms with E-state index in [4.69, 9.17) is 4.84 Å². The fraction of sp³-hybridized carbons (Fsp3) is 0.235. The lowest BCUT2D eigenvalue weighted by Gasteiger charge is -2.21. The Labute approximate surface area is 153 Å². The second kappa shape index (κ2) is 6.80. The first-order chi connectivity index (χ1) is 13.0. The molecule has 0 amide bonds.